The Labute approximate surface area is 260 Å². The molecule has 8 nitrogen and oxygen atoms in total. The highest BCUT2D eigenvalue weighted by Crippen LogP contribution is 2.31. The molecule has 4 amide bonds. The number of carbonyl (C=O) groups is 3. The molecule has 4 aromatic rings. The first-order valence-electron chi connectivity index (χ1n) is 15.2. The zero-order valence-corrected chi connectivity index (χ0v) is 25.0. The smallest absolute Gasteiger partial charge is 0.332 e. The first-order valence-corrected chi connectivity index (χ1v) is 15.2. The summed E-state index contributed by atoms with van der Waals surface area (Å²) < 4.78 is 27.1. The predicted octanol–water partition coefficient (Wildman–Crippen LogP) is 5.08. The SMILES string of the molecule is CCCN(C(=O)NCc1ccc(F)cc1)N1CC(=O)N2[C@@H](Cc3ccc(F)cc3)C(=O)N(Cc3cccc4ccccc34)C[C@@H]21. The number of hydrazine groups is 1. The van der Waals surface area contributed by atoms with Crippen molar-refractivity contribution in [2.24, 2.45) is 0 Å². The van der Waals surface area contributed by atoms with Crippen LogP contribution in [-0.4, -0.2) is 69.5 Å². The average molecular weight is 612 g/mol. The largest absolute Gasteiger partial charge is 0.333 e. The van der Waals surface area contributed by atoms with Crippen LogP contribution in [0.1, 0.15) is 30.0 Å². The summed E-state index contributed by atoms with van der Waals surface area (Å²) in [6, 6.07) is 24.6. The minimum atomic E-state index is -0.826. The Hall–Kier alpha value is -4.83. The van der Waals surface area contributed by atoms with Crippen LogP contribution < -0.4 is 5.32 Å². The molecular weight excluding hydrogens is 576 g/mol. The van der Waals surface area contributed by atoms with Crippen molar-refractivity contribution in [3.8, 4) is 0 Å². The number of amides is 4. The van der Waals surface area contributed by atoms with Gasteiger partial charge < -0.3 is 15.1 Å². The number of halogens is 2. The van der Waals surface area contributed by atoms with Crippen LogP contribution in [0.25, 0.3) is 10.8 Å². The molecule has 232 valence electrons. The van der Waals surface area contributed by atoms with Crippen molar-refractivity contribution in [3.05, 3.63) is 119 Å². The molecular formula is C35H35F2N5O3. The van der Waals surface area contributed by atoms with E-state index in [9.17, 15) is 23.2 Å². The Morgan fingerprint density at radius 2 is 1.56 bits per heavy atom. The quantitative estimate of drug-likeness (QED) is 0.287. The van der Waals surface area contributed by atoms with Gasteiger partial charge in [-0.25, -0.2) is 13.6 Å². The van der Waals surface area contributed by atoms with Gasteiger partial charge in [0.05, 0.1) is 13.1 Å². The van der Waals surface area contributed by atoms with Crippen molar-refractivity contribution in [2.75, 3.05) is 19.6 Å². The molecule has 2 atom stereocenters. The molecule has 1 N–H and O–H groups in total. The minimum Gasteiger partial charge on any atom is -0.333 e. The normalized spacial score (nSPS) is 18.4. The molecule has 4 aromatic carbocycles. The highest BCUT2D eigenvalue weighted by atomic mass is 19.1. The first-order chi connectivity index (χ1) is 21.8. The van der Waals surface area contributed by atoms with Crippen LogP contribution in [0.2, 0.25) is 0 Å². The van der Waals surface area contributed by atoms with Gasteiger partial charge in [-0.2, -0.15) is 5.01 Å². The number of benzene rings is 4. The number of hydrogen-bond acceptors (Lipinski definition) is 4. The van der Waals surface area contributed by atoms with E-state index in [4.69, 9.17) is 0 Å². The molecule has 45 heavy (non-hydrogen) atoms. The maximum absolute atomic E-state index is 14.2. The van der Waals surface area contributed by atoms with Crippen LogP contribution >= 0.6 is 0 Å². The van der Waals surface area contributed by atoms with Crippen molar-refractivity contribution in [1.82, 2.24) is 25.1 Å². The van der Waals surface area contributed by atoms with Gasteiger partial charge in [0.25, 0.3) is 0 Å². The number of piperazine rings is 1. The maximum Gasteiger partial charge on any atom is 0.332 e. The van der Waals surface area contributed by atoms with Crippen LogP contribution in [0.15, 0.2) is 91.0 Å². The molecule has 0 saturated carbocycles. The summed E-state index contributed by atoms with van der Waals surface area (Å²) in [4.78, 5) is 44.8. The molecule has 2 heterocycles. The third-order valence-electron chi connectivity index (χ3n) is 8.49. The first kappa shape index (κ1) is 30.2. The van der Waals surface area contributed by atoms with E-state index in [2.05, 4.69) is 5.32 Å². The molecule has 0 bridgehead atoms. The highest BCUT2D eigenvalue weighted by molar-refractivity contribution is 5.92. The summed E-state index contributed by atoms with van der Waals surface area (Å²) in [5.41, 5.74) is 2.45. The average Bonchev–Trinajstić information content (AvgIpc) is 3.37. The predicted molar refractivity (Wildman–Crippen MR) is 166 cm³/mol. The molecule has 10 heteroatoms. The zero-order valence-electron chi connectivity index (χ0n) is 25.0. The van der Waals surface area contributed by atoms with Gasteiger partial charge in [-0.05, 0) is 58.1 Å². The third-order valence-corrected chi connectivity index (χ3v) is 8.49. The molecule has 0 unspecified atom stereocenters. The summed E-state index contributed by atoms with van der Waals surface area (Å²) in [5, 5.41) is 8.31. The Kier molecular flexibility index (Phi) is 8.75. The van der Waals surface area contributed by atoms with Crippen molar-refractivity contribution in [1.29, 1.82) is 0 Å². The van der Waals surface area contributed by atoms with Gasteiger partial charge >= 0.3 is 6.03 Å². The topological polar surface area (TPSA) is 76.2 Å². The van der Waals surface area contributed by atoms with Crippen LogP contribution in [0.3, 0.4) is 0 Å². The van der Waals surface area contributed by atoms with Gasteiger partial charge in [0.1, 0.15) is 23.8 Å². The van der Waals surface area contributed by atoms with Crippen molar-refractivity contribution in [3.63, 3.8) is 0 Å². The molecule has 6 rings (SSSR count). The minimum absolute atomic E-state index is 0.0655. The summed E-state index contributed by atoms with van der Waals surface area (Å²) >= 11 is 0. The lowest BCUT2D eigenvalue weighted by Gasteiger charge is -2.46. The number of carbonyl (C=O) groups excluding carboxylic acids is 3. The standard InChI is InChI=1S/C35H35F2N5O3/c1-2-18-40(35(45)38-20-25-12-16-29(37)17-13-25)41-23-33(43)42-31(19-24-10-14-28(36)15-11-24)34(44)39(22-32(41)42)21-27-8-5-7-26-6-3-4-9-30(26)27/h3-17,31-32H,2,18-23H2,1H3,(H,38,45)/t31-,32+/m0/s1. The van der Waals surface area contributed by atoms with Gasteiger partial charge in [-0.1, -0.05) is 73.7 Å². The van der Waals surface area contributed by atoms with Gasteiger partial charge in [0, 0.05) is 26.1 Å². The van der Waals surface area contributed by atoms with Gasteiger partial charge in [-0.15, -0.1) is 0 Å². The van der Waals surface area contributed by atoms with E-state index in [1.807, 2.05) is 49.4 Å². The number of nitrogens with one attached hydrogen (secondary N) is 1. The molecule has 0 spiro atoms. The second-order valence-electron chi connectivity index (χ2n) is 11.5. The number of urea groups is 1. The fourth-order valence-corrected chi connectivity index (χ4v) is 6.30. The number of rotatable bonds is 9. The monoisotopic (exact) mass is 611 g/mol. The van der Waals surface area contributed by atoms with Gasteiger partial charge in [-0.3, -0.25) is 14.6 Å². The lowest BCUT2D eigenvalue weighted by atomic mass is 9.99. The van der Waals surface area contributed by atoms with E-state index >= 15 is 0 Å². The fourth-order valence-electron chi connectivity index (χ4n) is 6.30. The van der Waals surface area contributed by atoms with Crippen LogP contribution in [0.4, 0.5) is 13.6 Å². The van der Waals surface area contributed by atoms with Crippen LogP contribution in [0, 0.1) is 11.6 Å². The van der Waals surface area contributed by atoms with E-state index < -0.39 is 12.2 Å². The maximum atomic E-state index is 14.2. The van der Waals surface area contributed by atoms with E-state index in [1.165, 1.54) is 24.3 Å². The van der Waals surface area contributed by atoms with E-state index in [0.29, 0.717) is 19.5 Å². The molecule has 0 aliphatic carbocycles. The summed E-state index contributed by atoms with van der Waals surface area (Å²) in [6.45, 7) is 2.96. The second kappa shape index (κ2) is 13.0. The van der Waals surface area contributed by atoms with Crippen LogP contribution in [-0.2, 0) is 29.1 Å². The fraction of sp³-hybridized carbons (Fsp3) is 0.286. The highest BCUT2D eigenvalue weighted by Gasteiger charge is 2.52. The van der Waals surface area contributed by atoms with Crippen molar-refractivity contribution >= 4 is 28.6 Å². The number of hydrogen-bond donors (Lipinski definition) is 1. The van der Waals surface area contributed by atoms with Gasteiger partial charge in [0.2, 0.25) is 11.8 Å². The summed E-state index contributed by atoms with van der Waals surface area (Å²) in [5.74, 6) is -1.18. The van der Waals surface area contributed by atoms with Crippen LogP contribution in [0.5, 0.6) is 0 Å². The Morgan fingerprint density at radius 1 is 0.889 bits per heavy atom. The Bertz CT molecular complexity index is 1690. The molecule has 0 aromatic heterocycles. The molecule has 0 radical (unpaired) electrons. The number of nitrogens with zero attached hydrogens (tertiary/aromatic N) is 4. The lowest BCUT2D eigenvalue weighted by molar-refractivity contribution is -0.157. The van der Waals surface area contributed by atoms with Crippen molar-refractivity contribution < 1.29 is 23.2 Å². The second-order valence-corrected chi connectivity index (χ2v) is 11.5. The van der Waals surface area contributed by atoms with E-state index in [-0.39, 0.29) is 55.5 Å². The molecule has 2 fully saturated rings. The molecule has 2 aliphatic heterocycles. The lowest BCUT2D eigenvalue weighted by Crippen LogP contribution is -2.66. The summed E-state index contributed by atoms with van der Waals surface area (Å²) in [6.07, 6.45) is 0.267. The third kappa shape index (κ3) is 6.37. The zero-order chi connectivity index (χ0) is 31.5. The van der Waals surface area contributed by atoms with E-state index in [1.54, 1.807) is 44.1 Å². The molecule has 2 aliphatic rings. The molecule has 2 saturated heterocycles. The Morgan fingerprint density at radius 3 is 2.27 bits per heavy atom. The van der Waals surface area contributed by atoms with Crippen molar-refractivity contribution in [2.45, 2.75) is 45.1 Å². The Balaban J connectivity index is 1.31. The summed E-state index contributed by atoms with van der Waals surface area (Å²) in [7, 11) is 0. The van der Waals surface area contributed by atoms with Gasteiger partial charge in [0.15, 0.2) is 0 Å². The van der Waals surface area contributed by atoms with E-state index in [0.717, 1.165) is 27.5 Å². The number of fused-ring (bicyclic) bond motifs is 2.